The van der Waals surface area contributed by atoms with Crippen LogP contribution in [0.15, 0.2) is 30.6 Å². The maximum Gasteiger partial charge on any atom is 0.161 e. The van der Waals surface area contributed by atoms with Crippen LogP contribution in [0.5, 0.6) is 11.5 Å². The highest BCUT2D eigenvalue weighted by Crippen LogP contribution is 2.29. The van der Waals surface area contributed by atoms with Crippen LogP contribution in [0.3, 0.4) is 0 Å². The van der Waals surface area contributed by atoms with Gasteiger partial charge in [-0.25, -0.2) is 4.98 Å². The number of hydrogen-bond donors (Lipinski definition) is 1. The third kappa shape index (κ3) is 6.63. The molecule has 0 radical (unpaired) electrons. The minimum atomic E-state index is -0.508. The summed E-state index contributed by atoms with van der Waals surface area (Å²) in [7, 11) is 3.73. The number of aromatic nitrogens is 2. The van der Waals surface area contributed by atoms with Crippen molar-refractivity contribution in [2.75, 3.05) is 51.9 Å². The zero-order valence-corrected chi connectivity index (χ0v) is 19.1. The van der Waals surface area contributed by atoms with E-state index in [1.807, 2.05) is 36.3 Å². The lowest BCUT2D eigenvalue weighted by molar-refractivity contribution is 0.0704. The molecule has 3 rings (SSSR count). The molecule has 1 aliphatic heterocycles. The van der Waals surface area contributed by atoms with E-state index in [2.05, 4.69) is 39.4 Å². The Morgan fingerprint density at radius 2 is 2.03 bits per heavy atom. The van der Waals surface area contributed by atoms with Crippen molar-refractivity contribution in [2.24, 2.45) is 0 Å². The van der Waals surface area contributed by atoms with Gasteiger partial charge in [0.2, 0.25) is 0 Å². The number of imidazole rings is 1. The topological polar surface area (TPSA) is 63.0 Å². The lowest BCUT2D eigenvalue weighted by atomic mass is 10.2. The van der Waals surface area contributed by atoms with Crippen molar-refractivity contribution < 1.29 is 14.6 Å². The molecular weight excluding hydrogens is 400 g/mol. The fourth-order valence-electron chi connectivity index (χ4n) is 3.64. The predicted molar refractivity (Wildman–Crippen MR) is 121 cm³/mol. The number of rotatable bonds is 11. The van der Waals surface area contributed by atoms with Crippen LogP contribution < -0.4 is 9.47 Å². The molecule has 1 N–H and O–H groups in total. The van der Waals surface area contributed by atoms with E-state index in [4.69, 9.17) is 9.47 Å². The molecule has 7 nitrogen and oxygen atoms in total. The van der Waals surface area contributed by atoms with E-state index in [9.17, 15) is 5.11 Å². The Morgan fingerprint density at radius 1 is 1.23 bits per heavy atom. The van der Waals surface area contributed by atoms with Gasteiger partial charge in [0.25, 0.3) is 0 Å². The van der Waals surface area contributed by atoms with Gasteiger partial charge >= 0.3 is 0 Å². The number of methoxy groups -OCH3 is 1. The fourth-order valence-corrected chi connectivity index (χ4v) is 4.62. The van der Waals surface area contributed by atoms with Crippen molar-refractivity contribution >= 4 is 11.8 Å². The summed E-state index contributed by atoms with van der Waals surface area (Å²) in [6.45, 7) is 7.59. The third-order valence-corrected chi connectivity index (χ3v) is 6.18. The van der Waals surface area contributed by atoms with E-state index in [-0.39, 0.29) is 6.61 Å². The molecule has 0 bridgehead atoms. The number of aliphatic hydroxyl groups is 1. The van der Waals surface area contributed by atoms with Gasteiger partial charge in [0.15, 0.2) is 11.5 Å². The number of aliphatic hydroxyl groups excluding tert-OH is 1. The van der Waals surface area contributed by atoms with Crippen molar-refractivity contribution in [3.63, 3.8) is 0 Å². The lowest BCUT2D eigenvalue weighted by Crippen LogP contribution is -2.40. The first-order chi connectivity index (χ1) is 14.6. The average Bonchev–Trinajstić information content (AvgIpc) is 3.20. The number of thioether (sulfide) groups is 1. The van der Waals surface area contributed by atoms with Gasteiger partial charge < -0.3 is 19.1 Å². The molecule has 0 saturated carbocycles. The Morgan fingerprint density at radius 3 is 2.77 bits per heavy atom. The SMILES string of the molecule is CCn1ccnc1CN(C)Cc1ccc(OC[C@@H](O)CN2CCSCC2)c(OC)c1. The Kier molecular flexibility index (Phi) is 8.87. The van der Waals surface area contributed by atoms with Crippen LogP contribution >= 0.6 is 11.8 Å². The summed E-state index contributed by atoms with van der Waals surface area (Å²) >= 11 is 1.97. The minimum absolute atomic E-state index is 0.263. The van der Waals surface area contributed by atoms with Crippen LogP contribution in [0, 0.1) is 0 Å². The fraction of sp³-hybridized carbons (Fsp3) is 0.591. The molecule has 2 aromatic rings. The Bertz CT molecular complexity index is 779. The number of hydrogen-bond acceptors (Lipinski definition) is 7. The van der Waals surface area contributed by atoms with Gasteiger partial charge in [0.05, 0.1) is 13.7 Å². The maximum absolute atomic E-state index is 10.3. The van der Waals surface area contributed by atoms with Crippen LogP contribution in [0.4, 0.5) is 0 Å². The molecule has 0 amide bonds. The molecule has 30 heavy (non-hydrogen) atoms. The van der Waals surface area contributed by atoms with Gasteiger partial charge in [-0.15, -0.1) is 0 Å². The Hall–Kier alpha value is -1.74. The third-order valence-electron chi connectivity index (χ3n) is 5.24. The smallest absolute Gasteiger partial charge is 0.161 e. The summed E-state index contributed by atoms with van der Waals surface area (Å²) in [5.41, 5.74) is 1.14. The van der Waals surface area contributed by atoms with Crippen LogP contribution in [-0.4, -0.2) is 82.5 Å². The highest BCUT2D eigenvalue weighted by Gasteiger charge is 2.16. The van der Waals surface area contributed by atoms with Gasteiger partial charge in [0.1, 0.15) is 18.5 Å². The van der Waals surface area contributed by atoms with E-state index in [0.717, 1.165) is 55.6 Å². The van der Waals surface area contributed by atoms with E-state index < -0.39 is 6.10 Å². The van der Waals surface area contributed by atoms with E-state index >= 15 is 0 Å². The van der Waals surface area contributed by atoms with Crippen molar-refractivity contribution in [1.82, 2.24) is 19.4 Å². The number of β-amino-alcohol motifs (C(OH)–C–C–N with tert-alkyl or cyclic N) is 1. The van der Waals surface area contributed by atoms with Crippen molar-refractivity contribution in [1.29, 1.82) is 0 Å². The van der Waals surface area contributed by atoms with Crippen molar-refractivity contribution in [3.8, 4) is 11.5 Å². The first kappa shape index (κ1) is 22.9. The van der Waals surface area contributed by atoms with Crippen molar-refractivity contribution in [2.45, 2.75) is 32.7 Å². The zero-order chi connectivity index (χ0) is 21.3. The molecule has 1 saturated heterocycles. The first-order valence-electron chi connectivity index (χ1n) is 10.6. The summed E-state index contributed by atoms with van der Waals surface area (Å²) in [5.74, 6) is 4.69. The highest BCUT2D eigenvalue weighted by atomic mass is 32.2. The molecule has 0 spiro atoms. The number of benzene rings is 1. The second-order valence-corrected chi connectivity index (χ2v) is 8.89. The standard InChI is InChI=1S/C22H34N4O3S/c1-4-26-8-7-23-22(26)16-24(2)14-18-5-6-20(21(13-18)28-3)29-17-19(27)15-25-9-11-30-12-10-25/h5-8,13,19,27H,4,9-12,14-17H2,1-3H3/t19-/m0/s1. The summed E-state index contributed by atoms with van der Waals surface area (Å²) in [6, 6.07) is 5.99. The van der Waals surface area contributed by atoms with Crippen molar-refractivity contribution in [3.05, 3.63) is 42.0 Å². The largest absolute Gasteiger partial charge is 0.493 e. The first-order valence-corrected chi connectivity index (χ1v) is 11.7. The Balaban J connectivity index is 1.52. The average molecular weight is 435 g/mol. The second-order valence-electron chi connectivity index (χ2n) is 7.66. The van der Waals surface area contributed by atoms with Crippen LogP contribution in [0.1, 0.15) is 18.3 Å². The van der Waals surface area contributed by atoms with Crippen LogP contribution in [0.2, 0.25) is 0 Å². The molecule has 0 aliphatic carbocycles. The summed E-state index contributed by atoms with van der Waals surface area (Å²) < 4.78 is 13.6. The van der Waals surface area contributed by atoms with Gasteiger partial charge in [-0.3, -0.25) is 9.80 Å². The molecule has 1 atom stereocenters. The monoisotopic (exact) mass is 434 g/mol. The van der Waals surface area contributed by atoms with Gasteiger partial charge in [-0.2, -0.15) is 11.8 Å². The predicted octanol–water partition coefficient (Wildman–Crippen LogP) is 2.33. The molecule has 2 heterocycles. The zero-order valence-electron chi connectivity index (χ0n) is 18.3. The van der Waals surface area contributed by atoms with E-state index in [1.165, 1.54) is 0 Å². The molecule has 0 unspecified atom stereocenters. The van der Waals surface area contributed by atoms with E-state index in [1.54, 1.807) is 7.11 Å². The summed E-state index contributed by atoms with van der Waals surface area (Å²) in [5, 5.41) is 10.3. The molecule has 1 aromatic heterocycles. The molecular formula is C22H34N4O3S. The maximum atomic E-state index is 10.3. The van der Waals surface area contributed by atoms with Gasteiger partial charge in [-0.1, -0.05) is 6.07 Å². The van der Waals surface area contributed by atoms with E-state index in [0.29, 0.717) is 18.0 Å². The Labute approximate surface area is 184 Å². The molecule has 166 valence electrons. The number of nitrogens with zero attached hydrogens (tertiary/aromatic N) is 4. The lowest BCUT2D eigenvalue weighted by Gasteiger charge is -2.28. The second kappa shape index (κ2) is 11.6. The molecule has 8 heteroatoms. The normalized spacial score (nSPS) is 16.0. The number of ether oxygens (including phenoxy) is 2. The molecule has 1 aliphatic rings. The van der Waals surface area contributed by atoms with Gasteiger partial charge in [-0.05, 0) is 31.7 Å². The summed E-state index contributed by atoms with van der Waals surface area (Å²) in [4.78, 5) is 8.97. The number of aryl methyl sites for hydroxylation is 1. The molecule has 1 fully saturated rings. The van der Waals surface area contributed by atoms with Crippen LogP contribution in [0.25, 0.3) is 0 Å². The van der Waals surface area contributed by atoms with Gasteiger partial charge in [0, 0.05) is 56.6 Å². The molecule has 1 aromatic carbocycles. The summed E-state index contributed by atoms with van der Waals surface area (Å²) in [6.07, 6.45) is 3.35. The van der Waals surface area contributed by atoms with Crippen LogP contribution in [-0.2, 0) is 19.6 Å². The highest BCUT2D eigenvalue weighted by molar-refractivity contribution is 7.99. The minimum Gasteiger partial charge on any atom is -0.493 e. The quantitative estimate of drug-likeness (QED) is 0.582.